The summed E-state index contributed by atoms with van der Waals surface area (Å²) in [6.45, 7) is 4.83. The van der Waals surface area contributed by atoms with Crippen molar-refractivity contribution in [3.8, 4) is 5.75 Å². The molecule has 0 radical (unpaired) electrons. The van der Waals surface area contributed by atoms with Gasteiger partial charge in [-0.2, -0.15) is 0 Å². The number of unbranched alkanes of at least 4 members (excludes halogenated alkanes) is 1. The van der Waals surface area contributed by atoms with Gasteiger partial charge in [0.1, 0.15) is 11.6 Å². The Bertz CT molecular complexity index is 799. The number of nitrogens with one attached hydrogen (secondary N) is 2. The van der Waals surface area contributed by atoms with Crippen LogP contribution in [0.3, 0.4) is 0 Å². The minimum atomic E-state index is -0.154. The van der Waals surface area contributed by atoms with Crippen LogP contribution < -0.4 is 20.3 Å². The Morgan fingerprint density at radius 2 is 1.84 bits per heavy atom. The average molecular weight is 439 g/mol. The predicted octanol–water partition coefficient (Wildman–Crippen LogP) is 5.26. The standard InChI is InChI=1S/C23H32N4O2.C3H6/c1-3-4-16-29-21-11-6-18(7-12-21)23(28)26-20-10-13-22(25-17-20)27(2)15-5-14-24-19-8-9-19;1-2-3-1/h6-7,10-13,17,19,24H,3-5,8-9,14-16H2,1-2H3,(H,26,28);1-3H2. The second kappa shape index (κ2) is 13.1. The van der Waals surface area contributed by atoms with Crippen molar-refractivity contribution in [3.05, 3.63) is 48.2 Å². The van der Waals surface area contributed by atoms with Crippen LogP contribution in [0.5, 0.6) is 5.75 Å². The van der Waals surface area contributed by atoms with Crippen molar-refractivity contribution in [1.29, 1.82) is 0 Å². The molecular weight excluding hydrogens is 400 g/mol. The zero-order chi connectivity index (χ0) is 22.6. The molecule has 0 saturated heterocycles. The fourth-order valence-corrected chi connectivity index (χ4v) is 2.95. The van der Waals surface area contributed by atoms with Gasteiger partial charge in [0.2, 0.25) is 0 Å². The Morgan fingerprint density at radius 3 is 2.44 bits per heavy atom. The van der Waals surface area contributed by atoms with Gasteiger partial charge in [0.15, 0.2) is 0 Å². The molecule has 2 aromatic rings. The van der Waals surface area contributed by atoms with Crippen molar-refractivity contribution in [3.63, 3.8) is 0 Å². The summed E-state index contributed by atoms with van der Waals surface area (Å²) >= 11 is 0. The second-order valence-electron chi connectivity index (χ2n) is 8.65. The molecule has 6 nitrogen and oxygen atoms in total. The van der Waals surface area contributed by atoms with E-state index in [2.05, 4.69) is 27.4 Å². The molecule has 2 aliphatic carbocycles. The Labute approximate surface area is 192 Å². The Morgan fingerprint density at radius 1 is 1.09 bits per heavy atom. The van der Waals surface area contributed by atoms with Gasteiger partial charge in [-0.1, -0.05) is 32.6 Å². The Kier molecular flexibility index (Phi) is 9.82. The van der Waals surface area contributed by atoms with Crippen LogP contribution in [-0.4, -0.2) is 43.7 Å². The maximum absolute atomic E-state index is 12.4. The minimum Gasteiger partial charge on any atom is -0.494 e. The molecule has 2 N–H and O–H groups in total. The minimum absolute atomic E-state index is 0.154. The highest BCUT2D eigenvalue weighted by Crippen LogP contribution is 2.19. The molecule has 0 bridgehead atoms. The van der Waals surface area contributed by atoms with Gasteiger partial charge in [0.05, 0.1) is 18.5 Å². The zero-order valence-electron chi connectivity index (χ0n) is 19.6. The molecule has 6 heteroatoms. The quantitative estimate of drug-likeness (QED) is 0.443. The number of nitrogens with zero attached hydrogens (tertiary/aromatic N) is 2. The van der Waals surface area contributed by atoms with Crippen molar-refractivity contribution in [2.24, 2.45) is 0 Å². The van der Waals surface area contributed by atoms with E-state index in [1.807, 2.05) is 31.3 Å². The maximum atomic E-state index is 12.4. The summed E-state index contributed by atoms with van der Waals surface area (Å²) in [4.78, 5) is 19.1. The first-order valence-corrected chi connectivity index (χ1v) is 12.1. The van der Waals surface area contributed by atoms with Crippen molar-refractivity contribution >= 4 is 17.4 Å². The number of rotatable bonds is 12. The molecule has 1 aromatic carbocycles. The van der Waals surface area contributed by atoms with E-state index in [-0.39, 0.29) is 5.91 Å². The summed E-state index contributed by atoms with van der Waals surface area (Å²) in [6.07, 6.45) is 12.1. The summed E-state index contributed by atoms with van der Waals surface area (Å²) in [5.74, 6) is 1.54. The normalized spacial score (nSPS) is 14.2. The third-order valence-electron chi connectivity index (χ3n) is 5.31. The lowest BCUT2D eigenvalue weighted by Crippen LogP contribution is -2.25. The van der Waals surface area contributed by atoms with E-state index in [1.165, 1.54) is 32.1 Å². The highest BCUT2D eigenvalue weighted by atomic mass is 16.5. The molecule has 32 heavy (non-hydrogen) atoms. The molecular formula is C26H38N4O2. The molecule has 2 fully saturated rings. The van der Waals surface area contributed by atoms with Gasteiger partial charge in [0.25, 0.3) is 5.91 Å². The van der Waals surface area contributed by atoms with E-state index in [0.717, 1.165) is 50.0 Å². The number of hydrogen-bond acceptors (Lipinski definition) is 5. The number of anilines is 2. The van der Waals surface area contributed by atoms with E-state index < -0.39 is 0 Å². The van der Waals surface area contributed by atoms with Crippen LogP contribution in [0.4, 0.5) is 11.5 Å². The highest BCUT2D eigenvalue weighted by Gasteiger charge is 2.19. The van der Waals surface area contributed by atoms with E-state index >= 15 is 0 Å². The fraction of sp³-hybridized carbons (Fsp3) is 0.538. The number of benzene rings is 1. The summed E-state index contributed by atoms with van der Waals surface area (Å²) in [6, 6.07) is 11.8. The molecule has 0 aliphatic heterocycles. The van der Waals surface area contributed by atoms with E-state index in [0.29, 0.717) is 17.9 Å². The van der Waals surface area contributed by atoms with Crippen LogP contribution >= 0.6 is 0 Å². The van der Waals surface area contributed by atoms with Crippen LogP contribution in [-0.2, 0) is 0 Å². The smallest absolute Gasteiger partial charge is 0.255 e. The Hall–Kier alpha value is -2.60. The lowest BCUT2D eigenvalue weighted by molar-refractivity contribution is 0.102. The number of amides is 1. The largest absolute Gasteiger partial charge is 0.494 e. The van der Waals surface area contributed by atoms with Crippen LogP contribution in [0.25, 0.3) is 0 Å². The number of carbonyl (C=O) groups excluding carboxylic acids is 1. The first-order chi connectivity index (χ1) is 15.7. The molecule has 4 rings (SSSR count). The zero-order valence-corrected chi connectivity index (χ0v) is 19.6. The van der Waals surface area contributed by atoms with Gasteiger partial charge in [-0.3, -0.25) is 4.79 Å². The lowest BCUT2D eigenvalue weighted by Gasteiger charge is -2.18. The highest BCUT2D eigenvalue weighted by molar-refractivity contribution is 6.04. The monoisotopic (exact) mass is 438 g/mol. The molecule has 1 heterocycles. The van der Waals surface area contributed by atoms with Gasteiger partial charge in [-0.25, -0.2) is 4.98 Å². The molecule has 1 amide bonds. The SMILES string of the molecule is C1CC1.CCCCOc1ccc(C(=O)Nc2ccc(N(C)CCCNC3CC3)nc2)cc1. The van der Waals surface area contributed by atoms with Crippen molar-refractivity contribution < 1.29 is 9.53 Å². The number of hydrogen-bond donors (Lipinski definition) is 2. The van der Waals surface area contributed by atoms with E-state index in [4.69, 9.17) is 4.74 Å². The predicted molar refractivity (Wildman–Crippen MR) is 132 cm³/mol. The van der Waals surface area contributed by atoms with Gasteiger partial charge in [-0.15, -0.1) is 0 Å². The van der Waals surface area contributed by atoms with Crippen LogP contribution in [0.15, 0.2) is 42.6 Å². The first kappa shape index (κ1) is 24.1. The topological polar surface area (TPSA) is 66.5 Å². The van der Waals surface area contributed by atoms with Crippen LogP contribution in [0, 0.1) is 0 Å². The number of carbonyl (C=O) groups is 1. The van der Waals surface area contributed by atoms with E-state index in [9.17, 15) is 4.79 Å². The van der Waals surface area contributed by atoms with Gasteiger partial charge in [-0.05, 0) is 68.6 Å². The molecule has 174 valence electrons. The van der Waals surface area contributed by atoms with Crippen molar-refractivity contribution in [2.75, 3.05) is 37.0 Å². The third-order valence-corrected chi connectivity index (χ3v) is 5.31. The molecule has 0 atom stereocenters. The number of ether oxygens (including phenoxy) is 1. The summed E-state index contributed by atoms with van der Waals surface area (Å²) in [5.41, 5.74) is 1.28. The third kappa shape index (κ3) is 9.27. The molecule has 2 aliphatic rings. The van der Waals surface area contributed by atoms with Gasteiger partial charge < -0.3 is 20.3 Å². The number of aromatic nitrogens is 1. The van der Waals surface area contributed by atoms with Crippen molar-refractivity contribution in [1.82, 2.24) is 10.3 Å². The average Bonchev–Trinajstić information content (AvgIpc) is 3.71. The first-order valence-electron chi connectivity index (χ1n) is 12.1. The van der Waals surface area contributed by atoms with Crippen LogP contribution in [0.1, 0.15) is 68.6 Å². The summed E-state index contributed by atoms with van der Waals surface area (Å²) in [5, 5.41) is 6.42. The van der Waals surface area contributed by atoms with Gasteiger partial charge in [0, 0.05) is 25.2 Å². The molecule has 0 spiro atoms. The maximum Gasteiger partial charge on any atom is 0.255 e. The van der Waals surface area contributed by atoms with E-state index in [1.54, 1.807) is 18.3 Å². The molecule has 1 aromatic heterocycles. The molecule has 0 unspecified atom stereocenters. The van der Waals surface area contributed by atoms with Gasteiger partial charge >= 0.3 is 0 Å². The second-order valence-corrected chi connectivity index (χ2v) is 8.65. The van der Waals surface area contributed by atoms with Crippen molar-refractivity contribution in [2.45, 2.75) is 64.3 Å². The fourth-order valence-electron chi connectivity index (χ4n) is 2.95. The Balaban J connectivity index is 0.000000887. The number of pyridine rings is 1. The lowest BCUT2D eigenvalue weighted by atomic mass is 10.2. The summed E-state index contributed by atoms with van der Waals surface area (Å²) < 4.78 is 5.63. The molecule has 2 saturated carbocycles. The van der Waals surface area contributed by atoms with Crippen LogP contribution in [0.2, 0.25) is 0 Å². The summed E-state index contributed by atoms with van der Waals surface area (Å²) in [7, 11) is 2.04.